The molecule has 0 aliphatic carbocycles. The predicted octanol–water partition coefficient (Wildman–Crippen LogP) is 0.173. The number of amides is 1. The Morgan fingerprint density at radius 1 is 1.04 bits per heavy atom. The first-order valence-electron chi connectivity index (χ1n) is 8.83. The highest BCUT2D eigenvalue weighted by molar-refractivity contribution is 7.91. The third kappa shape index (κ3) is 4.89. The number of pyridine rings is 1. The Labute approximate surface area is 154 Å². The standard InChI is InChI=1S/C19H23N3O3S/c23-19(8-15-26(24,25)18-4-2-1-3-5-18)22-13-11-21(12-14-22)16-17-6-9-20-10-7-17/h1-7,9-10H,8,11-16H2/p+1. The maximum atomic E-state index is 12.4. The van der Waals surface area contributed by atoms with E-state index in [1.807, 2.05) is 12.1 Å². The first-order valence-corrected chi connectivity index (χ1v) is 10.5. The molecular formula is C19H24N3O3S+. The molecule has 1 saturated heterocycles. The van der Waals surface area contributed by atoms with Crippen LogP contribution in [0.5, 0.6) is 0 Å². The number of carbonyl (C=O) groups is 1. The molecule has 0 spiro atoms. The van der Waals surface area contributed by atoms with Crippen molar-refractivity contribution in [2.24, 2.45) is 0 Å². The van der Waals surface area contributed by atoms with E-state index in [-0.39, 0.29) is 23.0 Å². The number of piperazine rings is 1. The number of carbonyl (C=O) groups excluding carboxylic acids is 1. The zero-order valence-electron chi connectivity index (χ0n) is 14.7. The minimum absolute atomic E-state index is 0.0386. The second-order valence-corrected chi connectivity index (χ2v) is 8.65. The minimum atomic E-state index is -3.40. The summed E-state index contributed by atoms with van der Waals surface area (Å²) in [5, 5.41) is 0. The summed E-state index contributed by atoms with van der Waals surface area (Å²) < 4.78 is 24.6. The Morgan fingerprint density at radius 3 is 2.35 bits per heavy atom. The number of rotatable bonds is 6. The monoisotopic (exact) mass is 374 g/mol. The number of hydrogen-bond donors (Lipinski definition) is 1. The molecule has 0 bridgehead atoms. The van der Waals surface area contributed by atoms with E-state index in [1.54, 1.807) is 47.6 Å². The van der Waals surface area contributed by atoms with E-state index in [0.29, 0.717) is 13.1 Å². The number of nitrogens with one attached hydrogen (secondary N) is 1. The number of nitrogens with zero attached hydrogens (tertiary/aromatic N) is 2. The summed E-state index contributed by atoms with van der Waals surface area (Å²) in [4.78, 5) is 19.9. The molecule has 2 aromatic rings. The molecule has 0 atom stereocenters. The van der Waals surface area contributed by atoms with Crippen molar-refractivity contribution < 1.29 is 18.1 Å². The van der Waals surface area contributed by atoms with Gasteiger partial charge in [0.05, 0.1) is 36.8 Å². The van der Waals surface area contributed by atoms with Gasteiger partial charge in [-0.3, -0.25) is 9.78 Å². The molecule has 1 N–H and O–H groups in total. The lowest BCUT2D eigenvalue weighted by molar-refractivity contribution is -0.917. The Hall–Kier alpha value is -2.25. The number of benzene rings is 1. The summed E-state index contributed by atoms with van der Waals surface area (Å²) in [5.41, 5.74) is 1.24. The molecule has 0 unspecified atom stereocenters. The van der Waals surface area contributed by atoms with Crippen molar-refractivity contribution >= 4 is 15.7 Å². The molecule has 6 nitrogen and oxygen atoms in total. The van der Waals surface area contributed by atoms with Crippen molar-refractivity contribution in [1.82, 2.24) is 9.88 Å². The molecule has 0 saturated carbocycles. The maximum Gasteiger partial charge on any atom is 0.224 e. The summed E-state index contributed by atoms with van der Waals surface area (Å²) in [7, 11) is -3.40. The summed E-state index contributed by atoms with van der Waals surface area (Å²) in [5.74, 6) is -0.215. The molecular weight excluding hydrogens is 350 g/mol. The highest BCUT2D eigenvalue weighted by Crippen LogP contribution is 2.12. The molecule has 1 aromatic carbocycles. The summed E-state index contributed by atoms with van der Waals surface area (Å²) in [6.45, 7) is 4.02. The van der Waals surface area contributed by atoms with Crippen LogP contribution in [0.15, 0.2) is 59.8 Å². The lowest BCUT2D eigenvalue weighted by Crippen LogP contribution is -3.13. The van der Waals surface area contributed by atoms with Gasteiger partial charge in [0.2, 0.25) is 5.91 Å². The van der Waals surface area contributed by atoms with Crippen molar-refractivity contribution in [3.05, 3.63) is 60.4 Å². The van der Waals surface area contributed by atoms with Crippen molar-refractivity contribution in [2.45, 2.75) is 17.9 Å². The summed E-state index contributed by atoms with van der Waals surface area (Å²) >= 11 is 0. The SMILES string of the molecule is O=C(CCS(=O)(=O)c1ccccc1)N1CC[NH+](Cc2ccncc2)CC1. The van der Waals surface area contributed by atoms with Gasteiger partial charge in [-0.05, 0) is 24.3 Å². The number of quaternary nitrogens is 1. The maximum absolute atomic E-state index is 12.4. The Morgan fingerprint density at radius 2 is 1.69 bits per heavy atom. The van der Waals surface area contributed by atoms with Crippen LogP contribution in [0.25, 0.3) is 0 Å². The van der Waals surface area contributed by atoms with E-state index in [1.165, 1.54) is 10.5 Å². The van der Waals surface area contributed by atoms with Crippen LogP contribution in [-0.4, -0.2) is 56.1 Å². The van der Waals surface area contributed by atoms with Crippen LogP contribution < -0.4 is 4.90 Å². The van der Waals surface area contributed by atoms with Gasteiger partial charge in [-0.2, -0.15) is 0 Å². The van der Waals surface area contributed by atoms with Gasteiger partial charge >= 0.3 is 0 Å². The second-order valence-electron chi connectivity index (χ2n) is 6.54. The lowest BCUT2D eigenvalue weighted by atomic mass is 10.2. The van der Waals surface area contributed by atoms with Gasteiger partial charge in [-0.1, -0.05) is 18.2 Å². The average Bonchev–Trinajstić information content (AvgIpc) is 2.68. The molecule has 138 valence electrons. The van der Waals surface area contributed by atoms with Gasteiger partial charge < -0.3 is 9.80 Å². The first-order chi connectivity index (χ1) is 12.5. The third-order valence-corrected chi connectivity index (χ3v) is 6.45. The molecule has 1 aliphatic rings. The summed E-state index contributed by atoms with van der Waals surface area (Å²) in [6.07, 6.45) is 3.63. The Balaban J connectivity index is 1.47. The smallest absolute Gasteiger partial charge is 0.224 e. The molecule has 2 heterocycles. The van der Waals surface area contributed by atoms with E-state index >= 15 is 0 Å². The van der Waals surface area contributed by atoms with Gasteiger partial charge in [0.25, 0.3) is 0 Å². The van der Waals surface area contributed by atoms with E-state index in [4.69, 9.17) is 0 Å². The number of aromatic nitrogens is 1. The van der Waals surface area contributed by atoms with Gasteiger partial charge in [-0.25, -0.2) is 8.42 Å². The second kappa shape index (κ2) is 8.42. The van der Waals surface area contributed by atoms with Crippen LogP contribution in [0, 0.1) is 0 Å². The lowest BCUT2D eigenvalue weighted by Gasteiger charge is -2.32. The van der Waals surface area contributed by atoms with Crippen LogP contribution in [0.1, 0.15) is 12.0 Å². The topological polar surface area (TPSA) is 71.8 Å². The Kier molecular flexibility index (Phi) is 6.00. The predicted molar refractivity (Wildman–Crippen MR) is 98.3 cm³/mol. The molecule has 1 fully saturated rings. The van der Waals surface area contributed by atoms with E-state index in [0.717, 1.165) is 19.6 Å². The van der Waals surface area contributed by atoms with Crippen molar-refractivity contribution in [3.8, 4) is 0 Å². The van der Waals surface area contributed by atoms with Crippen LogP contribution in [0.4, 0.5) is 0 Å². The molecule has 26 heavy (non-hydrogen) atoms. The normalized spacial score (nSPS) is 15.8. The van der Waals surface area contributed by atoms with Gasteiger partial charge in [0, 0.05) is 24.4 Å². The molecule has 1 amide bonds. The zero-order valence-corrected chi connectivity index (χ0v) is 15.5. The summed E-state index contributed by atoms with van der Waals surface area (Å²) in [6, 6.07) is 12.3. The number of sulfone groups is 1. The van der Waals surface area contributed by atoms with E-state index < -0.39 is 9.84 Å². The van der Waals surface area contributed by atoms with Crippen molar-refractivity contribution in [1.29, 1.82) is 0 Å². The largest absolute Gasteiger partial charge is 0.331 e. The van der Waals surface area contributed by atoms with Gasteiger partial charge in [-0.15, -0.1) is 0 Å². The van der Waals surface area contributed by atoms with Crippen molar-refractivity contribution in [2.75, 3.05) is 31.9 Å². The average molecular weight is 374 g/mol. The van der Waals surface area contributed by atoms with Gasteiger partial charge in [0.1, 0.15) is 6.54 Å². The molecule has 1 aliphatic heterocycles. The third-order valence-electron chi connectivity index (χ3n) is 4.71. The molecule has 3 rings (SSSR count). The van der Waals surface area contributed by atoms with Crippen LogP contribution in [-0.2, 0) is 21.2 Å². The molecule has 0 radical (unpaired) electrons. The van der Waals surface area contributed by atoms with Gasteiger partial charge in [0.15, 0.2) is 9.84 Å². The molecule has 1 aromatic heterocycles. The minimum Gasteiger partial charge on any atom is -0.331 e. The van der Waals surface area contributed by atoms with E-state index in [2.05, 4.69) is 4.98 Å². The van der Waals surface area contributed by atoms with Crippen LogP contribution >= 0.6 is 0 Å². The zero-order chi connectivity index (χ0) is 18.4. The molecule has 7 heteroatoms. The quantitative estimate of drug-likeness (QED) is 0.783. The van der Waals surface area contributed by atoms with Crippen LogP contribution in [0.3, 0.4) is 0 Å². The van der Waals surface area contributed by atoms with Crippen molar-refractivity contribution in [3.63, 3.8) is 0 Å². The van der Waals surface area contributed by atoms with E-state index in [9.17, 15) is 13.2 Å². The highest BCUT2D eigenvalue weighted by Gasteiger charge is 2.25. The Bertz CT molecular complexity index is 818. The van der Waals surface area contributed by atoms with Crippen LogP contribution in [0.2, 0.25) is 0 Å². The highest BCUT2D eigenvalue weighted by atomic mass is 32.2. The fourth-order valence-corrected chi connectivity index (χ4v) is 4.41. The fourth-order valence-electron chi connectivity index (χ4n) is 3.16. The number of hydrogen-bond acceptors (Lipinski definition) is 4. The fraction of sp³-hybridized carbons (Fsp3) is 0.368. The first kappa shape index (κ1) is 18.5.